The number of imidazole rings is 1. The molecule has 0 atom stereocenters. The molecular weight excluding hydrogens is 446 g/mol. The van der Waals surface area contributed by atoms with Crippen molar-refractivity contribution in [2.45, 2.75) is 13.7 Å². The van der Waals surface area contributed by atoms with Crippen LogP contribution in [-0.4, -0.2) is 52.2 Å². The summed E-state index contributed by atoms with van der Waals surface area (Å²) in [5, 5.41) is 8.15. The Morgan fingerprint density at radius 3 is 2.76 bits per heavy atom. The molecule has 0 unspecified atom stereocenters. The highest BCUT2D eigenvalue weighted by Gasteiger charge is 2.18. The van der Waals surface area contributed by atoms with E-state index in [2.05, 4.69) is 10.4 Å². The Hall–Kier alpha value is -3.40. The fourth-order valence-electron chi connectivity index (χ4n) is 3.26. The first-order chi connectivity index (χ1) is 16.1. The number of benzene rings is 2. The lowest BCUT2D eigenvalue weighted by molar-refractivity contribution is 0.0356. The Morgan fingerprint density at radius 1 is 1.18 bits per heavy atom. The minimum atomic E-state index is -0.444. The molecule has 1 N–H and O–H groups in total. The minimum absolute atomic E-state index is 0.200. The van der Waals surface area contributed by atoms with Crippen molar-refractivity contribution in [1.29, 1.82) is 0 Å². The van der Waals surface area contributed by atoms with Crippen molar-refractivity contribution in [3.63, 3.8) is 0 Å². The van der Waals surface area contributed by atoms with Crippen LogP contribution in [0.25, 0.3) is 17.0 Å². The molecule has 33 heavy (non-hydrogen) atoms. The molecule has 10 heteroatoms. The normalized spacial score (nSPS) is 11.1. The average molecular weight is 470 g/mol. The average Bonchev–Trinajstić information content (AvgIpc) is 3.43. The van der Waals surface area contributed by atoms with Gasteiger partial charge in [-0.3, -0.25) is 4.57 Å². The molecule has 0 saturated heterocycles. The Bertz CT molecular complexity index is 1240. The van der Waals surface area contributed by atoms with Gasteiger partial charge in [0.25, 0.3) is 0 Å². The molecule has 9 nitrogen and oxygen atoms in total. The van der Waals surface area contributed by atoms with E-state index in [-0.39, 0.29) is 13.3 Å². The molecule has 0 radical (unpaired) electrons. The number of methoxy groups -OCH3 is 1. The van der Waals surface area contributed by atoms with Gasteiger partial charge in [-0.1, -0.05) is 29.8 Å². The monoisotopic (exact) mass is 469 g/mol. The third kappa shape index (κ3) is 5.16. The zero-order valence-corrected chi connectivity index (χ0v) is 19.1. The molecule has 0 spiro atoms. The van der Waals surface area contributed by atoms with Gasteiger partial charge in [0.15, 0.2) is 0 Å². The van der Waals surface area contributed by atoms with Crippen LogP contribution >= 0.6 is 11.6 Å². The highest BCUT2D eigenvalue weighted by Crippen LogP contribution is 2.31. The number of carbonyl (C=O) groups excluding carboxylic acids is 1. The van der Waals surface area contributed by atoms with Crippen LogP contribution in [0.3, 0.4) is 0 Å². The summed E-state index contributed by atoms with van der Waals surface area (Å²) in [4.78, 5) is 16.8. The van der Waals surface area contributed by atoms with Gasteiger partial charge in [-0.05, 0) is 31.2 Å². The number of anilines is 2. The van der Waals surface area contributed by atoms with Gasteiger partial charge in [0, 0.05) is 19.0 Å². The van der Waals surface area contributed by atoms with Gasteiger partial charge in [0.2, 0.25) is 5.95 Å². The number of fused-ring (bicyclic) bond motifs is 1. The van der Waals surface area contributed by atoms with E-state index in [1.54, 1.807) is 20.2 Å². The van der Waals surface area contributed by atoms with E-state index in [1.165, 1.54) is 10.9 Å². The van der Waals surface area contributed by atoms with Gasteiger partial charge in [-0.15, -0.1) is 0 Å². The first-order valence-electron chi connectivity index (χ1n) is 10.4. The zero-order chi connectivity index (χ0) is 23.2. The fraction of sp³-hybridized carbons (Fsp3) is 0.261. The second kappa shape index (κ2) is 10.5. The van der Waals surface area contributed by atoms with Gasteiger partial charge < -0.3 is 19.5 Å². The van der Waals surface area contributed by atoms with E-state index < -0.39 is 5.97 Å². The largest absolute Gasteiger partial charge is 0.462 e. The molecule has 2 aromatic heterocycles. The maximum atomic E-state index is 12.1. The first kappa shape index (κ1) is 22.8. The highest BCUT2D eigenvalue weighted by molar-refractivity contribution is 6.34. The summed E-state index contributed by atoms with van der Waals surface area (Å²) in [6, 6.07) is 13.4. The number of aromatic nitrogens is 4. The van der Waals surface area contributed by atoms with Gasteiger partial charge in [0.1, 0.15) is 6.73 Å². The van der Waals surface area contributed by atoms with Crippen molar-refractivity contribution in [3.05, 3.63) is 65.4 Å². The molecule has 0 aliphatic rings. The predicted molar refractivity (Wildman–Crippen MR) is 125 cm³/mol. The summed E-state index contributed by atoms with van der Waals surface area (Å²) in [5.74, 6) is 0.0334. The van der Waals surface area contributed by atoms with Crippen molar-refractivity contribution in [3.8, 4) is 5.95 Å². The maximum Gasteiger partial charge on any atom is 0.341 e. The number of ether oxygens (including phenoxy) is 3. The fourth-order valence-corrected chi connectivity index (χ4v) is 3.46. The van der Waals surface area contributed by atoms with Crippen molar-refractivity contribution >= 4 is 40.0 Å². The van der Waals surface area contributed by atoms with Crippen molar-refractivity contribution in [2.75, 3.05) is 32.2 Å². The van der Waals surface area contributed by atoms with Gasteiger partial charge >= 0.3 is 5.97 Å². The lowest BCUT2D eigenvalue weighted by Gasteiger charge is -2.11. The summed E-state index contributed by atoms with van der Waals surface area (Å²) < 4.78 is 19.2. The Kier molecular flexibility index (Phi) is 7.23. The molecule has 0 fully saturated rings. The van der Waals surface area contributed by atoms with Crippen molar-refractivity contribution < 1.29 is 19.0 Å². The molecule has 0 aliphatic carbocycles. The molecule has 0 saturated carbocycles. The van der Waals surface area contributed by atoms with E-state index in [1.807, 2.05) is 47.0 Å². The Labute approximate surface area is 195 Å². The van der Waals surface area contributed by atoms with E-state index in [0.29, 0.717) is 35.3 Å². The highest BCUT2D eigenvalue weighted by atomic mass is 35.5. The molecule has 0 aliphatic heterocycles. The smallest absolute Gasteiger partial charge is 0.341 e. The van der Waals surface area contributed by atoms with Crippen molar-refractivity contribution in [2.24, 2.45) is 0 Å². The molecule has 0 amide bonds. The van der Waals surface area contributed by atoms with Gasteiger partial charge in [-0.2, -0.15) is 5.10 Å². The van der Waals surface area contributed by atoms with Crippen LogP contribution in [0.5, 0.6) is 0 Å². The van der Waals surface area contributed by atoms with Crippen LogP contribution in [-0.2, 0) is 20.9 Å². The number of rotatable bonds is 10. The molecule has 2 heterocycles. The molecule has 4 rings (SSSR count). The number of halogens is 1. The SMILES string of the molecule is CCOC(=O)c1cnn(-c2nc3cc(Nc4ccccc4)c(Cl)cc3n2COCCOC)c1. The quantitative estimate of drug-likeness (QED) is 0.271. The summed E-state index contributed by atoms with van der Waals surface area (Å²) in [5.41, 5.74) is 3.42. The second-order valence-corrected chi connectivity index (χ2v) is 7.48. The Morgan fingerprint density at radius 2 is 2.00 bits per heavy atom. The summed E-state index contributed by atoms with van der Waals surface area (Å²) in [7, 11) is 1.61. The van der Waals surface area contributed by atoms with Crippen LogP contribution < -0.4 is 5.32 Å². The Balaban J connectivity index is 1.73. The third-order valence-electron chi connectivity index (χ3n) is 4.82. The predicted octanol–water partition coefficient (Wildman–Crippen LogP) is 4.42. The topological polar surface area (TPSA) is 92.4 Å². The lowest BCUT2D eigenvalue weighted by atomic mass is 10.2. The standard InChI is InChI=1S/C23H24ClN5O4/c1-3-33-22(30)16-13-25-29(14-16)23-27-20-12-19(26-17-7-5-4-6-8-17)18(24)11-21(20)28(23)15-32-10-9-31-2/h4-8,11-14,26H,3,9-10,15H2,1-2H3. The van der Waals surface area contributed by atoms with E-state index in [0.717, 1.165) is 16.9 Å². The number of nitrogens with one attached hydrogen (secondary N) is 1. The van der Waals surface area contributed by atoms with E-state index >= 15 is 0 Å². The molecule has 2 aromatic carbocycles. The summed E-state index contributed by atoms with van der Waals surface area (Å²) in [6.07, 6.45) is 3.03. The maximum absolute atomic E-state index is 12.1. The number of carbonyl (C=O) groups is 1. The summed E-state index contributed by atoms with van der Waals surface area (Å²) >= 11 is 6.60. The number of nitrogens with zero attached hydrogens (tertiary/aromatic N) is 4. The molecule has 172 valence electrons. The van der Waals surface area contributed by atoms with Gasteiger partial charge in [-0.25, -0.2) is 14.5 Å². The van der Waals surface area contributed by atoms with E-state index in [4.69, 9.17) is 30.8 Å². The number of hydrogen-bond donors (Lipinski definition) is 1. The molecule has 4 aromatic rings. The summed E-state index contributed by atoms with van der Waals surface area (Å²) in [6.45, 7) is 3.11. The lowest BCUT2D eigenvalue weighted by Crippen LogP contribution is -2.12. The van der Waals surface area contributed by atoms with Gasteiger partial charge in [0.05, 0.1) is 53.3 Å². The number of para-hydroxylation sites is 1. The van der Waals surface area contributed by atoms with Crippen LogP contribution in [0, 0.1) is 0 Å². The third-order valence-corrected chi connectivity index (χ3v) is 5.13. The van der Waals surface area contributed by atoms with Crippen LogP contribution in [0.2, 0.25) is 5.02 Å². The van der Waals surface area contributed by atoms with E-state index in [9.17, 15) is 4.79 Å². The molecule has 0 bridgehead atoms. The number of hydrogen-bond acceptors (Lipinski definition) is 7. The minimum Gasteiger partial charge on any atom is -0.462 e. The van der Waals surface area contributed by atoms with Crippen molar-refractivity contribution in [1.82, 2.24) is 19.3 Å². The van der Waals surface area contributed by atoms with Crippen LogP contribution in [0.1, 0.15) is 17.3 Å². The zero-order valence-electron chi connectivity index (χ0n) is 18.3. The van der Waals surface area contributed by atoms with Crippen LogP contribution in [0.4, 0.5) is 11.4 Å². The second-order valence-electron chi connectivity index (χ2n) is 7.08. The van der Waals surface area contributed by atoms with Crippen LogP contribution in [0.15, 0.2) is 54.9 Å². The number of esters is 1. The molecular formula is C23H24ClN5O4. The first-order valence-corrected chi connectivity index (χ1v) is 10.8.